The van der Waals surface area contributed by atoms with Crippen LogP contribution in [0.2, 0.25) is 0 Å². The smallest absolute Gasteiger partial charge is 0.179 e. The number of nitrogens with zero attached hydrogens (tertiary/aromatic N) is 2. The first-order valence-electron chi connectivity index (χ1n) is 14.3. The molecule has 0 aliphatic carbocycles. The van der Waals surface area contributed by atoms with E-state index in [1.807, 2.05) is 11.8 Å². The van der Waals surface area contributed by atoms with E-state index in [4.69, 9.17) is 4.98 Å². The van der Waals surface area contributed by atoms with Gasteiger partial charge in [-0.3, -0.25) is 4.57 Å². The van der Waals surface area contributed by atoms with Crippen molar-refractivity contribution < 1.29 is 0 Å². The van der Waals surface area contributed by atoms with Crippen molar-refractivity contribution in [1.29, 1.82) is 0 Å². The van der Waals surface area contributed by atoms with Gasteiger partial charge in [0.05, 0.1) is 22.5 Å². The first-order valence-corrected chi connectivity index (χ1v) is 17.3. The molecule has 1 aliphatic rings. The highest BCUT2D eigenvalue weighted by Crippen LogP contribution is 2.39. The number of hydrogen-bond acceptors (Lipinski definition) is 2. The zero-order valence-corrected chi connectivity index (χ0v) is 24.8. The Balaban J connectivity index is 1.35. The number of para-hydroxylation sites is 2. The van der Waals surface area contributed by atoms with Gasteiger partial charge in [0.2, 0.25) is 0 Å². The van der Waals surface area contributed by atoms with Crippen LogP contribution in [0.1, 0.15) is 5.82 Å². The van der Waals surface area contributed by atoms with E-state index in [2.05, 4.69) is 162 Å². The Hall–Kier alpha value is -4.64. The van der Waals surface area contributed by atoms with E-state index in [1.54, 1.807) is 0 Å². The van der Waals surface area contributed by atoms with Crippen LogP contribution < -0.4 is 20.7 Å². The van der Waals surface area contributed by atoms with E-state index in [1.165, 1.54) is 48.0 Å². The molecule has 8 rings (SSSR count). The Morgan fingerprint density at radius 2 is 1.10 bits per heavy atom. The van der Waals surface area contributed by atoms with Crippen LogP contribution >= 0.6 is 11.8 Å². The van der Waals surface area contributed by atoms with Crippen molar-refractivity contribution in [2.24, 2.45) is 0 Å². The molecule has 7 aromatic rings. The molecular weight excluding hydrogens is 545 g/mol. The molecule has 6 aromatic carbocycles. The largest absolute Gasteiger partial charge is 0.294 e. The topological polar surface area (TPSA) is 17.8 Å². The zero-order valence-electron chi connectivity index (χ0n) is 23.0. The highest BCUT2D eigenvalue weighted by molar-refractivity contribution is 7.98. The summed E-state index contributed by atoms with van der Waals surface area (Å²) in [6.07, 6.45) is 0. The standard InChI is InChI=1S/C38H28N2SSi/c1-4-14-30(15-5-1)42(31-16-6-2-7-17-31,32-18-8-3-9-19-32)33-20-12-13-28(25-33)29-23-24-37-36(26-29)40-35-22-11-10-21-34(35)39-38(40)27-41-37/h1-26H,27H2. The van der Waals surface area contributed by atoms with Crippen LogP contribution in [0.4, 0.5) is 0 Å². The molecule has 4 heteroatoms. The molecule has 1 aromatic heterocycles. The highest BCUT2D eigenvalue weighted by atomic mass is 32.2. The van der Waals surface area contributed by atoms with Crippen LogP contribution in [-0.4, -0.2) is 17.6 Å². The molecule has 0 atom stereocenters. The second kappa shape index (κ2) is 10.3. The summed E-state index contributed by atoms with van der Waals surface area (Å²) in [7, 11) is -2.60. The fourth-order valence-electron chi connectivity index (χ4n) is 6.57. The quantitative estimate of drug-likeness (QED) is 0.169. The molecule has 42 heavy (non-hydrogen) atoms. The summed E-state index contributed by atoms with van der Waals surface area (Å²) in [5, 5.41) is 5.53. The summed E-state index contributed by atoms with van der Waals surface area (Å²) in [6, 6.07) is 58.1. The summed E-state index contributed by atoms with van der Waals surface area (Å²) in [6.45, 7) is 0. The van der Waals surface area contributed by atoms with E-state index in [9.17, 15) is 0 Å². The molecule has 0 saturated heterocycles. The summed E-state index contributed by atoms with van der Waals surface area (Å²) in [4.78, 5) is 6.25. The van der Waals surface area contributed by atoms with Crippen LogP contribution in [0.3, 0.4) is 0 Å². The van der Waals surface area contributed by atoms with Gasteiger partial charge in [-0.15, -0.1) is 11.8 Å². The summed E-state index contributed by atoms with van der Waals surface area (Å²) >= 11 is 1.87. The van der Waals surface area contributed by atoms with Gasteiger partial charge in [-0.25, -0.2) is 4.98 Å². The van der Waals surface area contributed by atoms with Crippen molar-refractivity contribution in [2.75, 3.05) is 0 Å². The molecule has 0 bridgehead atoms. The van der Waals surface area contributed by atoms with Gasteiger partial charge in [0.15, 0.2) is 8.07 Å². The number of fused-ring (bicyclic) bond motifs is 5. The zero-order chi connectivity index (χ0) is 27.9. The van der Waals surface area contributed by atoms with Crippen molar-refractivity contribution in [3.05, 3.63) is 164 Å². The Bertz CT molecular complexity index is 1940. The normalized spacial score (nSPS) is 12.6. The third-order valence-electron chi connectivity index (χ3n) is 8.44. The SMILES string of the molecule is c1ccc([Si](c2ccccc2)(c2ccccc2)c2cccc(-c3ccc4c(c3)-n3c(nc5ccccc53)CS4)c2)cc1. The van der Waals surface area contributed by atoms with Crippen molar-refractivity contribution in [1.82, 2.24) is 9.55 Å². The Labute approximate surface area is 251 Å². The summed E-state index contributed by atoms with van der Waals surface area (Å²) in [5.41, 5.74) is 5.90. The van der Waals surface area contributed by atoms with Crippen molar-refractivity contribution in [3.63, 3.8) is 0 Å². The molecule has 0 fully saturated rings. The van der Waals surface area contributed by atoms with Gasteiger partial charge >= 0.3 is 0 Å². The Kier molecular flexibility index (Phi) is 6.17. The molecule has 0 saturated carbocycles. The van der Waals surface area contributed by atoms with Crippen LogP contribution in [-0.2, 0) is 5.75 Å². The molecular formula is C38H28N2SSi. The predicted octanol–water partition coefficient (Wildman–Crippen LogP) is 6.68. The Morgan fingerprint density at radius 1 is 0.524 bits per heavy atom. The summed E-state index contributed by atoms with van der Waals surface area (Å²) < 4.78 is 2.35. The minimum absolute atomic E-state index is 0.885. The monoisotopic (exact) mass is 572 g/mol. The highest BCUT2D eigenvalue weighted by Gasteiger charge is 2.41. The third-order valence-corrected chi connectivity index (χ3v) is 14.3. The molecule has 0 unspecified atom stereocenters. The van der Waals surface area contributed by atoms with Crippen LogP contribution in [0.5, 0.6) is 0 Å². The molecule has 0 N–H and O–H groups in total. The number of hydrogen-bond donors (Lipinski definition) is 0. The van der Waals surface area contributed by atoms with Crippen LogP contribution in [0, 0.1) is 0 Å². The lowest BCUT2D eigenvalue weighted by atomic mass is 10.0. The van der Waals surface area contributed by atoms with Gasteiger partial charge in [0, 0.05) is 4.90 Å². The van der Waals surface area contributed by atoms with Crippen molar-refractivity contribution in [2.45, 2.75) is 10.6 Å². The van der Waals surface area contributed by atoms with Gasteiger partial charge < -0.3 is 0 Å². The fraction of sp³-hybridized carbons (Fsp3) is 0.0263. The van der Waals surface area contributed by atoms with Gasteiger partial charge in [0.25, 0.3) is 0 Å². The molecule has 2 nitrogen and oxygen atoms in total. The molecule has 0 amide bonds. The van der Waals surface area contributed by atoms with E-state index in [0.717, 1.165) is 17.1 Å². The van der Waals surface area contributed by atoms with Crippen LogP contribution in [0.25, 0.3) is 27.8 Å². The van der Waals surface area contributed by atoms with Crippen molar-refractivity contribution in [3.8, 4) is 16.8 Å². The lowest BCUT2D eigenvalue weighted by Gasteiger charge is -2.34. The predicted molar refractivity (Wildman–Crippen MR) is 180 cm³/mol. The number of benzene rings is 6. The lowest BCUT2D eigenvalue weighted by molar-refractivity contribution is 0.946. The van der Waals surface area contributed by atoms with Gasteiger partial charge in [-0.05, 0) is 56.1 Å². The fourth-order valence-corrected chi connectivity index (χ4v) is 12.3. The average Bonchev–Trinajstić information content (AvgIpc) is 3.46. The number of thioether (sulfide) groups is 1. The van der Waals surface area contributed by atoms with Crippen molar-refractivity contribution >= 4 is 51.6 Å². The molecule has 0 radical (unpaired) electrons. The number of rotatable bonds is 5. The maximum absolute atomic E-state index is 4.95. The summed E-state index contributed by atoms with van der Waals surface area (Å²) in [5.74, 6) is 2.00. The van der Waals surface area contributed by atoms with E-state index in [-0.39, 0.29) is 0 Å². The average molecular weight is 573 g/mol. The van der Waals surface area contributed by atoms with E-state index >= 15 is 0 Å². The second-order valence-electron chi connectivity index (χ2n) is 10.8. The lowest BCUT2D eigenvalue weighted by Crippen LogP contribution is -2.74. The maximum atomic E-state index is 4.95. The molecule has 2 heterocycles. The second-order valence-corrected chi connectivity index (χ2v) is 15.6. The molecule has 0 spiro atoms. The first-order chi connectivity index (χ1) is 20.8. The van der Waals surface area contributed by atoms with Gasteiger partial charge in [-0.1, -0.05) is 133 Å². The molecule has 200 valence electrons. The minimum Gasteiger partial charge on any atom is -0.294 e. The van der Waals surface area contributed by atoms with Gasteiger partial charge in [-0.2, -0.15) is 0 Å². The third kappa shape index (κ3) is 3.98. The maximum Gasteiger partial charge on any atom is 0.179 e. The van der Waals surface area contributed by atoms with E-state index in [0.29, 0.717) is 0 Å². The molecule has 1 aliphatic heterocycles. The van der Waals surface area contributed by atoms with Crippen LogP contribution in [0.15, 0.2) is 163 Å². The van der Waals surface area contributed by atoms with E-state index < -0.39 is 8.07 Å². The first kappa shape index (κ1) is 25.1. The Morgan fingerprint density at radius 3 is 1.76 bits per heavy atom. The number of aromatic nitrogens is 2. The number of imidazole rings is 1. The van der Waals surface area contributed by atoms with Gasteiger partial charge in [0.1, 0.15) is 5.82 Å². The minimum atomic E-state index is -2.60.